The average molecular weight is 430 g/mol. The number of rotatable bonds is 7. The molecule has 1 saturated heterocycles. The van der Waals surface area contributed by atoms with E-state index < -0.39 is 17.0 Å². The lowest BCUT2D eigenvalue weighted by Gasteiger charge is -2.34. The van der Waals surface area contributed by atoms with Crippen molar-refractivity contribution in [3.8, 4) is 5.75 Å². The lowest BCUT2D eigenvalue weighted by Crippen LogP contribution is -2.35. The molecule has 0 aliphatic carbocycles. The van der Waals surface area contributed by atoms with Crippen molar-refractivity contribution >= 4 is 11.4 Å². The number of imidazole rings is 1. The maximum atomic E-state index is 13.9. The number of benzene rings is 1. The largest absolute Gasteiger partial charge is 0.485 e. The lowest BCUT2D eigenvalue weighted by molar-refractivity contribution is -0.0174. The highest BCUT2D eigenvalue weighted by Gasteiger charge is 2.36. The summed E-state index contributed by atoms with van der Waals surface area (Å²) in [5.41, 5.74) is 0.663. The zero-order valence-electron chi connectivity index (χ0n) is 17.2. The molecule has 164 valence electrons. The highest BCUT2D eigenvalue weighted by molar-refractivity contribution is 5.97. The van der Waals surface area contributed by atoms with Gasteiger partial charge in [-0.3, -0.25) is 9.20 Å². The first kappa shape index (κ1) is 21.4. The molecule has 0 bridgehead atoms. The fourth-order valence-electron chi connectivity index (χ4n) is 4.04. The summed E-state index contributed by atoms with van der Waals surface area (Å²) < 4.78 is 40.5. The minimum atomic E-state index is -0.687. The molecule has 1 aliphatic rings. The Balaban J connectivity index is 1.62. The number of aryl methyl sites for hydroxylation is 1. The van der Waals surface area contributed by atoms with E-state index in [1.54, 1.807) is 29.7 Å². The van der Waals surface area contributed by atoms with Crippen molar-refractivity contribution < 1.29 is 28.2 Å². The average Bonchev–Trinajstić information content (AvgIpc) is 3.10. The Bertz CT molecular complexity index is 1090. The number of Topliss-reactive ketones (excluding diaryl/α,β-unsaturated/α-hetero) is 1. The highest BCUT2D eigenvalue weighted by Crippen LogP contribution is 2.35. The second kappa shape index (κ2) is 8.72. The zero-order valence-corrected chi connectivity index (χ0v) is 17.2. The smallest absolute Gasteiger partial charge is 0.182 e. The number of aliphatic hydroxyl groups excluding tert-OH is 1. The van der Waals surface area contributed by atoms with Gasteiger partial charge in [-0.15, -0.1) is 0 Å². The topological polar surface area (TPSA) is 73.1 Å². The maximum Gasteiger partial charge on any atom is 0.182 e. The summed E-state index contributed by atoms with van der Waals surface area (Å²) >= 11 is 0. The number of carbonyl (C=O) groups excluding carboxylic acids is 1. The first-order valence-corrected chi connectivity index (χ1v) is 10.2. The van der Waals surface area contributed by atoms with Crippen LogP contribution in [0.5, 0.6) is 5.75 Å². The number of aliphatic hydroxyl groups is 1. The Hall–Kier alpha value is -2.84. The van der Waals surface area contributed by atoms with Crippen LogP contribution < -0.4 is 4.74 Å². The van der Waals surface area contributed by atoms with Crippen LogP contribution in [0.2, 0.25) is 0 Å². The molecule has 0 atom stereocenters. The summed E-state index contributed by atoms with van der Waals surface area (Å²) in [6.07, 6.45) is 3.13. The number of nitrogens with zero attached hydrogens (tertiary/aromatic N) is 2. The third-order valence-corrected chi connectivity index (χ3v) is 5.91. The molecule has 0 unspecified atom stereocenters. The number of halogens is 2. The molecular weight excluding hydrogens is 406 g/mol. The van der Waals surface area contributed by atoms with Gasteiger partial charge in [0.1, 0.15) is 23.9 Å². The summed E-state index contributed by atoms with van der Waals surface area (Å²) in [5, 5.41) is 9.93. The quantitative estimate of drug-likeness (QED) is 0.577. The van der Waals surface area contributed by atoms with Crippen LogP contribution >= 0.6 is 0 Å². The van der Waals surface area contributed by atoms with Crippen molar-refractivity contribution in [2.45, 2.75) is 32.8 Å². The molecular formula is C23H24F2N2O4. The molecule has 1 N–H and O–H groups in total. The van der Waals surface area contributed by atoms with Gasteiger partial charge in [-0.25, -0.2) is 13.8 Å². The maximum absolute atomic E-state index is 13.9. The van der Waals surface area contributed by atoms with E-state index in [2.05, 4.69) is 4.98 Å². The van der Waals surface area contributed by atoms with E-state index in [-0.39, 0.29) is 31.0 Å². The number of ketones is 1. The van der Waals surface area contributed by atoms with Gasteiger partial charge in [-0.05, 0) is 44.0 Å². The van der Waals surface area contributed by atoms with Crippen LogP contribution in [0.4, 0.5) is 8.78 Å². The molecule has 0 radical (unpaired) electrons. The molecule has 0 spiro atoms. The lowest BCUT2D eigenvalue weighted by atomic mass is 9.76. The third kappa shape index (κ3) is 4.18. The Labute approximate surface area is 178 Å². The van der Waals surface area contributed by atoms with E-state index in [0.29, 0.717) is 48.8 Å². The van der Waals surface area contributed by atoms with Crippen LogP contribution in [-0.4, -0.2) is 40.1 Å². The predicted molar refractivity (Wildman–Crippen MR) is 109 cm³/mol. The van der Waals surface area contributed by atoms with Gasteiger partial charge < -0.3 is 14.6 Å². The summed E-state index contributed by atoms with van der Waals surface area (Å²) in [5.74, 6) is -1.19. The van der Waals surface area contributed by atoms with Crippen LogP contribution in [0.15, 0.2) is 36.5 Å². The number of fused-ring (bicyclic) bond motifs is 1. The first-order chi connectivity index (χ1) is 14.9. The van der Waals surface area contributed by atoms with Gasteiger partial charge >= 0.3 is 0 Å². The van der Waals surface area contributed by atoms with Gasteiger partial charge in [-0.1, -0.05) is 6.07 Å². The van der Waals surface area contributed by atoms with Gasteiger partial charge in [0.25, 0.3) is 0 Å². The van der Waals surface area contributed by atoms with Gasteiger partial charge in [0.15, 0.2) is 17.2 Å². The fraction of sp³-hybridized carbons (Fsp3) is 0.391. The van der Waals surface area contributed by atoms with Crippen LogP contribution in [0, 0.1) is 24.0 Å². The molecule has 3 aromatic rings. The minimum Gasteiger partial charge on any atom is -0.485 e. The van der Waals surface area contributed by atoms with Crippen LogP contribution in [0.3, 0.4) is 0 Å². The van der Waals surface area contributed by atoms with Gasteiger partial charge in [0.05, 0.1) is 11.3 Å². The molecule has 0 amide bonds. The van der Waals surface area contributed by atoms with Crippen LogP contribution in [0.25, 0.3) is 5.65 Å². The highest BCUT2D eigenvalue weighted by atomic mass is 19.1. The number of pyridine rings is 1. The van der Waals surface area contributed by atoms with E-state index >= 15 is 0 Å². The molecule has 2 aromatic heterocycles. The number of ether oxygens (including phenoxy) is 2. The van der Waals surface area contributed by atoms with Gasteiger partial charge in [0, 0.05) is 37.9 Å². The van der Waals surface area contributed by atoms with Crippen molar-refractivity contribution in [3.63, 3.8) is 0 Å². The normalized spacial score (nSPS) is 15.9. The minimum absolute atomic E-state index is 0.0829. The summed E-state index contributed by atoms with van der Waals surface area (Å²) in [4.78, 5) is 17.7. The molecule has 31 heavy (non-hydrogen) atoms. The fourth-order valence-corrected chi connectivity index (χ4v) is 4.04. The second-order valence-electron chi connectivity index (χ2n) is 7.97. The third-order valence-electron chi connectivity index (χ3n) is 5.91. The first-order valence-electron chi connectivity index (χ1n) is 10.2. The summed E-state index contributed by atoms with van der Waals surface area (Å²) in [6, 6.07) is 6.97. The van der Waals surface area contributed by atoms with E-state index in [1.807, 2.05) is 0 Å². The number of aromatic nitrogens is 2. The van der Waals surface area contributed by atoms with E-state index in [4.69, 9.17) is 9.47 Å². The number of carbonyl (C=O) groups is 1. The Morgan fingerprint density at radius 3 is 2.61 bits per heavy atom. The van der Waals surface area contributed by atoms with E-state index in [9.17, 15) is 18.7 Å². The summed E-state index contributed by atoms with van der Waals surface area (Å²) in [6.45, 7) is 2.38. The summed E-state index contributed by atoms with van der Waals surface area (Å²) in [7, 11) is 0. The molecule has 8 heteroatoms. The monoisotopic (exact) mass is 430 g/mol. The number of hydrogen-bond donors (Lipinski definition) is 1. The second-order valence-corrected chi connectivity index (χ2v) is 7.97. The van der Waals surface area contributed by atoms with Crippen molar-refractivity contribution in [1.82, 2.24) is 9.38 Å². The van der Waals surface area contributed by atoms with Crippen molar-refractivity contribution in [3.05, 3.63) is 65.1 Å². The van der Waals surface area contributed by atoms with Crippen molar-refractivity contribution in [1.29, 1.82) is 0 Å². The molecule has 1 fully saturated rings. The van der Waals surface area contributed by atoms with Gasteiger partial charge in [-0.2, -0.15) is 0 Å². The van der Waals surface area contributed by atoms with Crippen LogP contribution in [0.1, 0.15) is 41.0 Å². The Morgan fingerprint density at radius 2 is 1.94 bits per heavy atom. The molecule has 1 aliphatic heterocycles. The molecule has 6 nitrogen and oxygen atoms in total. The van der Waals surface area contributed by atoms with E-state index in [1.165, 1.54) is 18.2 Å². The van der Waals surface area contributed by atoms with Crippen LogP contribution in [-0.2, 0) is 11.3 Å². The predicted octanol–water partition coefficient (Wildman–Crippen LogP) is 3.86. The van der Waals surface area contributed by atoms with Crippen molar-refractivity contribution in [2.24, 2.45) is 5.41 Å². The SMILES string of the molecule is Cc1nc2c(OCc3c(F)cccc3F)cccn2c1C(=O)CC1(CO)CCOCC1. The Morgan fingerprint density at radius 1 is 1.23 bits per heavy atom. The van der Waals surface area contributed by atoms with E-state index in [0.717, 1.165) is 0 Å². The zero-order chi connectivity index (χ0) is 22.0. The Kier molecular flexibility index (Phi) is 6.02. The number of hydrogen-bond acceptors (Lipinski definition) is 5. The van der Waals surface area contributed by atoms with Crippen molar-refractivity contribution in [2.75, 3.05) is 19.8 Å². The molecule has 3 heterocycles. The van der Waals surface area contributed by atoms with Gasteiger partial charge in [0.2, 0.25) is 0 Å². The molecule has 0 saturated carbocycles. The standard InChI is InChI=1S/C23H24F2N2O4/c1-15-21(19(29)12-23(14-28)7-10-30-11-8-23)27-9-3-6-20(22(27)26-15)31-13-16-17(24)4-2-5-18(16)25/h2-6,9,28H,7-8,10-14H2,1H3. The molecule has 1 aromatic carbocycles. The molecule has 4 rings (SSSR count).